The van der Waals surface area contributed by atoms with E-state index in [-0.39, 0.29) is 25.4 Å². The number of aliphatic hydroxyl groups is 3. The van der Waals surface area contributed by atoms with Crippen molar-refractivity contribution >= 4 is 10.1 Å². The van der Waals surface area contributed by atoms with Crippen LogP contribution in [0.15, 0.2) is 12.1 Å². The van der Waals surface area contributed by atoms with Crippen LogP contribution in [0.2, 0.25) is 0 Å². The smallest absolute Gasteiger partial charge is 0.269 e. The molecule has 1 aromatic carbocycles. The number of hydrogen-bond acceptors (Lipinski definition) is 9. The van der Waals surface area contributed by atoms with Gasteiger partial charge >= 0.3 is 0 Å². The lowest BCUT2D eigenvalue weighted by atomic mass is 10.2. The maximum Gasteiger partial charge on any atom is 0.269 e. The molecule has 0 saturated carbocycles. The van der Waals surface area contributed by atoms with E-state index in [1.807, 2.05) is 0 Å². The van der Waals surface area contributed by atoms with Gasteiger partial charge in [-0.05, 0) is 6.07 Å². The number of hydrogen-bond donors (Lipinski definition) is 7. The van der Waals surface area contributed by atoms with Gasteiger partial charge in [0.15, 0.2) is 11.5 Å². The molecular formula is C13H23NO9S. The minimum absolute atomic E-state index is 0.0694. The number of phenols is 3. The van der Waals surface area contributed by atoms with Gasteiger partial charge in [0.05, 0.1) is 19.8 Å². The van der Waals surface area contributed by atoms with Gasteiger partial charge in [0, 0.05) is 31.3 Å². The topological polar surface area (TPSA) is 179 Å². The second-order valence-corrected chi connectivity index (χ2v) is 6.16. The molecule has 0 aliphatic rings. The van der Waals surface area contributed by atoms with Gasteiger partial charge in [-0.15, -0.1) is 0 Å². The lowest BCUT2D eigenvalue weighted by Crippen LogP contribution is -2.32. The largest absolute Gasteiger partial charge is 0.508 e. The van der Waals surface area contributed by atoms with Crippen LogP contribution in [-0.4, -0.2) is 88.0 Å². The third kappa shape index (κ3) is 9.50. The third-order valence-electron chi connectivity index (χ3n) is 2.74. The zero-order chi connectivity index (χ0) is 18.8. The molecule has 1 rings (SSSR count). The normalized spacial score (nSPS) is 11.2. The van der Waals surface area contributed by atoms with Crippen LogP contribution in [0.4, 0.5) is 0 Å². The van der Waals surface area contributed by atoms with Gasteiger partial charge in [0.25, 0.3) is 10.1 Å². The number of aromatic hydroxyl groups is 3. The molecule has 0 amide bonds. The van der Waals surface area contributed by atoms with Gasteiger partial charge in [0.1, 0.15) is 11.5 Å². The highest BCUT2D eigenvalue weighted by atomic mass is 32.2. The molecule has 24 heavy (non-hydrogen) atoms. The molecule has 0 unspecified atom stereocenters. The Morgan fingerprint density at radius 1 is 0.875 bits per heavy atom. The highest BCUT2D eigenvalue weighted by Crippen LogP contribution is 2.33. The van der Waals surface area contributed by atoms with Crippen molar-refractivity contribution in [1.82, 2.24) is 4.90 Å². The van der Waals surface area contributed by atoms with E-state index in [0.717, 1.165) is 12.1 Å². The van der Waals surface area contributed by atoms with Gasteiger partial charge < -0.3 is 30.6 Å². The highest BCUT2D eigenvalue weighted by Gasteiger charge is 2.14. The maximum atomic E-state index is 10.5. The Hall–Kier alpha value is -1.63. The van der Waals surface area contributed by atoms with Crippen LogP contribution in [-0.2, 0) is 15.9 Å². The van der Waals surface area contributed by atoms with Gasteiger partial charge in [-0.3, -0.25) is 9.45 Å². The quantitative estimate of drug-likeness (QED) is 0.161. The Kier molecular flexibility index (Phi) is 10.3. The minimum atomic E-state index is -4.32. The fourth-order valence-corrected chi connectivity index (χ4v) is 2.34. The molecule has 0 fully saturated rings. The van der Waals surface area contributed by atoms with Crippen molar-refractivity contribution in [2.45, 2.75) is 5.75 Å². The fraction of sp³-hybridized carbons (Fsp3) is 0.538. The zero-order valence-corrected chi connectivity index (χ0v) is 13.7. The molecule has 10 nitrogen and oxygen atoms in total. The zero-order valence-electron chi connectivity index (χ0n) is 12.9. The second kappa shape index (κ2) is 11.0. The molecule has 0 saturated heterocycles. The molecule has 0 aromatic heterocycles. The van der Waals surface area contributed by atoms with E-state index >= 15 is 0 Å². The summed E-state index contributed by atoms with van der Waals surface area (Å²) in [5.74, 6) is -2.61. The fourth-order valence-electron chi connectivity index (χ4n) is 1.73. The van der Waals surface area contributed by atoms with Crippen LogP contribution >= 0.6 is 0 Å². The summed E-state index contributed by atoms with van der Waals surface area (Å²) in [5.41, 5.74) is -0.273. The summed E-state index contributed by atoms with van der Waals surface area (Å²) in [5, 5.41) is 52.6. The monoisotopic (exact) mass is 369 g/mol. The van der Waals surface area contributed by atoms with E-state index in [1.165, 1.54) is 0 Å². The molecule has 0 aliphatic heterocycles. The average Bonchev–Trinajstić information content (AvgIpc) is 2.44. The van der Waals surface area contributed by atoms with E-state index in [4.69, 9.17) is 35.2 Å². The minimum Gasteiger partial charge on any atom is -0.508 e. The van der Waals surface area contributed by atoms with Crippen LogP contribution in [0.25, 0.3) is 0 Å². The summed E-state index contributed by atoms with van der Waals surface area (Å²) in [6, 6.07) is 1.78. The van der Waals surface area contributed by atoms with Crippen LogP contribution in [0.1, 0.15) is 5.56 Å². The molecule has 0 spiro atoms. The standard InChI is InChI=1S/C7H8O6S.C6H15NO3/c8-5-1-4(3-14(11,12)13)7(10)6(9)2-5;8-4-1-7(2-5-9)3-6-10/h1-2,8-10H,3H2,(H,11,12,13);8-10H,1-6H2. The Labute approximate surface area is 139 Å². The van der Waals surface area contributed by atoms with Crippen molar-refractivity contribution < 1.29 is 43.6 Å². The first-order valence-corrected chi connectivity index (χ1v) is 8.49. The lowest BCUT2D eigenvalue weighted by molar-refractivity contribution is 0.136. The predicted octanol–water partition coefficient (Wildman–Crippen LogP) is -1.54. The molecule has 0 radical (unpaired) electrons. The SMILES string of the molecule is O=S(=O)(O)Cc1cc(O)cc(O)c1O.OCCN(CCO)CCO. The number of phenolic OH excluding ortho intramolecular Hbond substituents is 3. The Morgan fingerprint density at radius 2 is 1.33 bits per heavy atom. The van der Waals surface area contributed by atoms with Crippen molar-refractivity contribution in [3.05, 3.63) is 17.7 Å². The highest BCUT2D eigenvalue weighted by molar-refractivity contribution is 7.85. The number of rotatable bonds is 8. The Bertz CT molecular complexity index is 577. The van der Waals surface area contributed by atoms with E-state index < -0.39 is 33.1 Å². The third-order valence-corrected chi connectivity index (χ3v) is 3.42. The molecule has 1 aromatic rings. The van der Waals surface area contributed by atoms with Crippen molar-refractivity contribution in [2.75, 3.05) is 39.5 Å². The van der Waals surface area contributed by atoms with Crippen molar-refractivity contribution in [3.63, 3.8) is 0 Å². The van der Waals surface area contributed by atoms with Crippen molar-refractivity contribution in [3.8, 4) is 17.2 Å². The van der Waals surface area contributed by atoms with Gasteiger partial charge in [-0.25, -0.2) is 0 Å². The lowest BCUT2D eigenvalue weighted by Gasteiger charge is -2.17. The predicted molar refractivity (Wildman–Crippen MR) is 84.4 cm³/mol. The average molecular weight is 369 g/mol. The Morgan fingerprint density at radius 3 is 1.71 bits per heavy atom. The van der Waals surface area contributed by atoms with Crippen molar-refractivity contribution in [1.29, 1.82) is 0 Å². The van der Waals surface area contributed by atoms with E-state index in [0.29, 0.717) is 19.6 Å². The first kappa shape index (κ1) is 22.4. The van der Waals surface area contributed by atoms with E-state index in [1.54, 1.807) is 4.90 Å². The van der Waals surface area contributed by atoms with Gasteiger partial charge in [-0.2, -0.15) is 8.42 Å². The summed E-state index contributed by atoms with van der Waals surface area (Å²) in [6.07, 6.45) is 0. The molecule has 11 heteroatoms. The second-order valence-electron chi connectivity index (χ2n) is 4.71. The summed E-state index contributed by atoms with van der Waals surface area (Å²) in [7, 11) is -4.32. The first-order valence-electron chi connectivity index (χ1n) is 6.88. The van der Waals surface area contributed by atoms with Crippen LogP contribution in [0, 0.1) is 0 Å². The van der Waals surface area contributed by atoms with Crippen molar-refractivity contribution in [2.24, 2.45) is 0 Å². The van der Waals surface area contributed by atoms with E-state index in [2.05, 4.69) is 0 Å². The van der Waals surface area contributed by atoms with E-state index in [9.17, 15) is 8.42 Å². The Balaban J connectivity index is 0.000000470. The molecule has 140 valence electrons. The van der Waals surface area contributed by atoms with Crippen LogP contribution in [0.5, 0.6) is 17.2 Å². The molecule has 7 N–H and O–H groups in total. The summed E-state index contributed by atoms with van der Waals surface area (Å²) < 4.78 is 29.4. The number of nitrogens with zero attached hydrogens (tertiary/aromatic N) is 1. The molecule has 0 aliphatic carbocycles. The van der Waals surface area contributed by atoms with Crippen LogP contribution < -0.4 is 0 Å². The molecule has 0 atom stereocenters. The van der Waals surface area contributed by atoms with Gasteiger partial charge in [-0.1, -0.05) is 0 Å². The molecule has 0 bridgehead atoms. The number of benzene rings is 1. The molecular weight excluding hydrogens is 346 g/mol. The summed E-state index contributed by atoms with van der Waals surface area (Å²) in [6.45, 7) is 1.75. The summed E-state index contributed by atoms with van der Waals surface area (Å²) >= 11 is 0. The maximum absolute atomic E-state index is 10.5. The first-order chi connectivity index (χ1) is 11.1. The summed E-state index contributed by atoms with van der Waals surface area (Å²) in [4.78, 5) is 1.79. The molecule has 0 heterocycles. The number of aliphatic hydroxyl groups excluding tert-OH is 3. The van der Waals surface area contributed by atoms with Gasteiger partial charge in [0.2, 0.25) is 0 Å². The van der Waals surface area contributed by atoms with Crippen LogP contribution in [0.3, 0.4) is 0 Å².